The highest BCUT2D eigenvalue weighted by atomic mass is 35.5. The van der Waals surface area contributed by atoms with Crippen LogP contribution in [0.15, 0.2) is 66.7 Å². The van der Waals surface area contributed by atoms with Gasteiger partial charge in [-0.15, -0.1) is 0 Å². The number of methoxy groups -OCH3 is 2. The van der Waals surface area contributed by atoms with Crippen molar-refractivity contribution >= 4 is 23.2 Å². The fraction of sp³-hybridized carbons (Fsp3) is 0.136. The van der Waals surface area contributed by atoms with Crippen LogP contribution in [0.1, 0.15) is 15.9 Å². The second kappa shape index (κ2) is 9.15. The maximum Gasteiger partial charge on any atom is 0.255 e. The molecule has 1 N–H and O–H groups in total. The van der Waals surface area contributed by atoms with E-state index >= 15 is 0 Å². The molecule has 0 aromatic heterocycles. The van der Waals surface area contributed by atoms with Gasteiger partial charge in [-0.2, -0.15) is 0 Å². The molecule has 0 saturated carbocycles. The van der Waals surface area contributed by atoms with Gasteiger partial charge in [-0.25, -0.2) is 0 Å². The van der Waals surface area contributed by atoms with Crippen molar-refractivity contribution in [3.05, 3.63) is 82.9 Å². The average Bonchev–Trinajstić information content (AvgIpc) is 2.73. The number of hydrogen-bond acceptors (Lipinski definition) is 4. The number of nitrogens with one attached hydrogen (secondary N) is 1. The first-order chi connectivity index (χ1) is 13.6. The van der Waals surface area contributed by atoms with E-state index in [-0.39, 0.29) is 5.91 Å². The molecule has 1 amide bonds. The van der Waals surface area contributed by atoms with Gasteiger partial charge in [0.15, 0.2) is 11.5 Å². The predicted molar refractivity (Wildman–Crippen MR) is 110 cm³/mol. The Morgan fingerprint density at radius 1 is 0.893 bits per heavy atom. The lowest BCUT2D eigenvalue weighted by Gasteiger charge is -2.13. The van der Waals surface area contributed by atoms with Crippen molar-refractivity contribution in [1.82, 2.24) is 0 Å². The number of anilines is 1. The Hall–Kier alpha value is -3.18. The Kier molecular flexibility index (Phi) is 6.40. The number of carbonyl (C=O) groups excluding carboxylic acids is 1. The van der Waals surface area contributed by atoms with Gasteiger partial charge in [0.25, 0.3) is 5.91 Å². The fourth-order valence-corrected chi connectivity index (χ4v) is 2.67. The van der Waals surface area contributed by atoms with E-state index in [0.29, 0.717) is 34.4 Å². The zero-order valence-electron chi connectivity index (χ0n) is 15.6. The summed E-state index contributed by atoms with van der Waals surface area (Å²) in [4.78, 5) is 12.5. The molecule has 0 atom stereocenters. The fourth-order valence-electron chi connectivity index (χ4n) is 2.55. The summed E-state index contributed by atoms with van der Waals surface area (Å²) in [5, 5.41) is 3.51. The quantitative estimate of drug-likeness (QED) is 0.596. The van der Waals surface area contributed by atoms with Crippen LogP contribution in [-0.2, 0) is 6.61 Å². The van der Waals surface area contributed by atoms with Gasteiger partial charge in [-0.05, 0) is 60.2 Å². The average molecular weight is 398 g/mol. The Bertz CT molecular complexity index is 940. The number of hydrogen-bond donors (Lipinski definition) is 1. The molecule has 0 heterocycles. The zero-order chi connectivity index (χ0) is 19.9. The van der Waals surface area contributed by atoms with E-state index in [4.69, 9.17) is 25.8 Å². The van der Waals surface area contributed by atoms with Gasteiger partial charge in [0.1, 0.15) is 12.4 Å². The van der Waals surface area contributed by atoms with E-state index in [1.54, 1.807) is 49.6 Å². The molecule has 0 aliphatic carbocycles. The van der Waals surface area contributed by atoms with Crippen molar-refractivity contribution in [3.63, 3.8) is 0 Å². The number of amides is 1. The summed E-state index contributed by atoms with van der Waals surface area (Å²) in [5.74, 6) is 1.52. The Morgan fingerprint density at radius 2 is 1.61 bits per heavy atom. The highest BCUT2D eigenvalue weighted by Gasteiger charge is 2.12. The minimum Gasteiger partial charge on any atom is -0.497 e. The van der Waals surface area contributed by atoms with Crippen LogP contribution in [0.5, 0.6) is 17.2 Å². The van der Waals surface area contributed by atoms with Crippen molar-refractivity contribution in [2.75, 3.05) is 19.5 Å². The lowest BCUT2D eigenvalue weighted by Crippen LogP contribution is -2.12. The molecule has 0 unspecified atom stereocenters. The molecule has 3 aromatic rings. The molecule has 6 heteroatoms. The maximum absolute atomic E-state index is 12.5. The van der Waals surface area contributed by atoms with E-state index in [9.17, 15) is 4.79 Å². The van der Waals surface area contributed by atoms with Crippen molar-refractivity contribution < 1.29 is 19.0 Å². The second-order valence-electron chi connectivity index (χ2n) is 5.96. The summed E-state index contributed by atoms with van der Waals surface area (Å²) in [5.41, 5.74) is 2.12. The SMILES string of the molecule is COc1ccc(NC(=O)c2ccc(OCc3ccc(Cl)cc3)c(OC)c2)cc1. The molecule has 0 aliphatic rings. The molecule has 0 bridgehead atoms. The van der Waals surface area contributed by atoms with Crippen LogP contribution in [0.4, 0.5) is 5.69 Å². The third-order valence-electron chi connectivity index (χ3n) is 4.08. The molecule has 3 aromatic carbocycles. The number of rotatable bonds is 7. The molecule has 5 nitrogen and oxygen atoms in total. The van der Waals surface area contributed by atoms with Gasteiger partial charge < -0.3 is 19.5 Å². The minimum atomic E-state index is -0.243. The van der Waals surface area contributed by atoms with Crippen molar-refractivity contribution in [3.8, 4) is 17.2 Å². The zero-order valence-corrected chi connectivity index (χ0v) is 16.3. The van der Waals surface area contributed by atoms with Gasteiger partial charge in [-0.1, -0.05) is 23.7 Å². The van der Waals surface area contributed by atoms with E-state index in [2.05, 4.69) is 5.32 Å². The summed E-state index contributed by atoms with van der Waals surface area (Å²) in [7, 11) is 3.13. The first-order valence-electron chi connectivity index (χ1n) is 8.59. The summed E-state index contributed by atoms with van der Waals surface area (Å²) in [6.45, 7) is 0.366. The van der Waals surface area contributed by atoms with Crippen molar-refractivity contribution in [2.45, 2.75) is 6.61 Å². The molecule has 0 spiro atoms. The van der Waals surface area contributed by atoms with Gasteiger partial charge in [0.2, 0.25) is 0 Å². The Balaban J connectivity index is 1.68. The number of carbonyl (C=O) groups is 1. The molecular weight excluding hydrogens is 378 g/mol. The van der Waals surface area contributed by atoms with Gasteiger partial charge >= 0.3 is 0 Å². The third-order valence-corrected chi connectivity index (χ3v) is 4.33. The molecule has 28 heavy (non-hydrogen) atoms. The van der Waals surface area contributed by atoms with Crippen LogP contribution in [0.25, 0.3) is 0 Å². The number of ether oxygens (including phenoxy) is 3. The summed E-state index contributed by atoms with van der Waals surface area (Å²) >= 11 is 5.89. The van der Waals surface area contributed by atoms with E-state index in [1.807, 2.05) is 24.3 Å². The monoisotopic (exact) mass is 397 g/mol. The van der Waals surface area contributed by atoms with Crippen molar-refractivity contribution in [2.24, 2.45) is 0 Å². The topological polar surface area (TPSA) is 56.8 Å². The Labute approximate surface area is 168 Å². The standard InChI is InChI=1S/C22H20ClNO4/c1-26-19-10-8-18(9-11-19)24-22(25)16-5-12-20(21(13-16)27-2)28-14-15-3-6-17(23)7-4-15/h3-13H,14H2,1-2H3,(H,24,25). The highest BCUT2D eigenvalue weighted by Crippen LogP contribution is 2.29. The van der Waals surface area contributed by atoms with E-state index in [0.717, 1.165) is 11.3 Å². The molecule has 0 fully saturated rings. The van der Waals surface area contributed by atoms with Gasteiger partial charge in [0.05, 0.1) is 14.2 Å². The third kappa shape index (κ3) is 4.96. The first kappa shape index (κ1) is 19.6. The lowest BCUT2D eigenvalue weighted by atomic mass is 10.1. The minimum absolute atomic E-state index is 0.243. The van der Waals surface area contributed by atoms with Crippen LogP contribution in [0.3, 0.4) is 0 Å². The number of halogens is 1. The van der Waals surface area contributed by atoms with Crippen LogP contribution in [0.2, 0.25) is 5.02 Å². The molecule has 0 saturated heterocycles. The van der Waals surface area contributed by atoms with Crippen LogP contribution in [0, 0.1) is 0 Å². The van der Waals surface area contributed by atoms with Crippen LogP contribution >= 0.6 is 11.6 Å². The highest BCUT2D eigenvalue weighted by molar-refractivity contribution is 6.30. The summed E-state index contributed by atoms with van der Waals surface area (Å²) in [6.07, 6.45) is 0. The van der Waals surface area contributed by atoms with E-state index in [1.165, 1.54) is 7.11 Å². The first-order valence-corrected chi connectivity index (χ1v) is 8.97. The van der Waals surface area contributed by atoms with Gasteiger partial charge in [0, 0.05) is 16.3 Å². The summed E-state index contributed by atoms with van der Waals surface area (Å²) < 4.78 is 16.3. The smallest absolute Gasteiger partial charge is 0.255 e. The largest absolute Gasteiger partial charge is 0.497 e. The van der Waals surface area contributed by atoms with Gasteiger partial charge in [-0.3, -0.25) is 4.79 Å². The molecule has 144 valence electrons. The second-order valence-corrected chi connectivity index (χ2v) is 6.40. The number of benzene rings is 3. The normalized spacial score (nSPS) is 10.2. The van der Waals surface area contributed by atoms with Crippen LogP contribution < -0.4 is 19.5 Å². The molecule has 0 aliphatic heterocycles. The van der Waals surface area contributed by atoms with E-state index < -0.39 is 0 Å². The maximum atomic E-state index is 12.5. The Morgan fingerprint density at radius 3 is 2.25 bits per heavy atom. The molecule has 0 radical (unpaired) electrons. The predicted octanol–water partition coefficient (Wildman–Crippen LogP) is 5.19. The summed E-state index contributed by atoms with van der Waals surface area (Å²) in [6, 6.07) is 19.6. The molecular formula is C22H20ClNO4. The lowest BCUT2D eigenvalue weighted by molar-refractivity contribution is 0.102. The van der Waals surface area contributed by atoms with Crippen LogP contribution in [-0.4, -0.2) is 20.1 Å². The molecule has 3 rings (SSSR count). The van der Waals surface area contributed by atoms with Crippen molar-refractivity contribution in [1.29, 1.82) is 0 Å².